The quantitative estimate of drug-likeness (QED) is 0.547. The maximum absolute atomic E-state index is 5.23. The molecule has 10 heavy (non-hydrogen) atoms. The zero-order valence-corrected chi connectivity index (χ0v) is 7.27. The Bertz CT molecular complexity index is 143. The first kappa shape index (κ1) is 9.28. The Balaban J connectivity index is 3.82. The molecule has 1 heteroatoms. The first-order chi connectivity index (χ1) is 4.52. The highest BCUT2D eigenvalue weighted by molar-refractivity contribution is 4.95. The summed E-state index contributed by atoms with van der Waals surface area (Å²) in [6, 6.07) is 0. The van der Waals surface area contributed by atoms with E-state index < -0.39 is 0 Å². The van der Waals surface area contributed by atoms with Gasteiger partial charge in [0.25, 0.3) is 0 Å². The molecule has 0 fully saturated rings. The van der Waals surface area contributed by atoms with Gasteiger partial charge in [0.05, 0.1) is 11.5 Å². The van der Waals surface area contributed by atoms with Crippen molar-refractivity contribution in [1.82, 2.24) is 0 Å². The molecular formula is C9H16O. The van der Waals surface area contributed by atoms with E-state index in [1.54, 1.807) is 0 Å². The molecule has 0 radical (unpaired) electrons. The Morgan fingerprint density at radius 1 is 1.40 bits per heavy atom. The largest absolute Gasteiger partial charge is 0.468 e. The van der Waals surface area contributed by atoms with E-state index in [9.17, 15) is 0 Å². The summed E-state index contributed by atoms with van der Waals surface area (Å²) in [5.41, 5.74) is 0. The van der Waals surface area contributed by atoms with Gasteiger partial charge in [-0.15, -0.1) is 0 Å². The fourth-order valence-corrected chi connectivity index (χ4v) is 0.778. The maximum Gasteiger partial charge on any atom is 0.0967 e. The van der Waals surface area contributed by atoms with Crippen LogP contribution in [0.1, 0.15) is 27.7 Å². The number of hydrogen-bond acceptors (Lipinski definition) is 1. The molecule has 0 saturated carbocycles. The molecular weight excluding hydrogens is 124 g/mol. The van der Waals surface area contributed by atoms with Crippen molar-refractivity contribution >= 4 is 0 Å². The SMILES string of the molecule is C=C(C)O/C(C)=C/C(C)C. The van der Waals surface area contributed by atoms with Crippen molar-refractivity contribution in [3.8, 4) is 0 Å². The molecule has 0 aliphatic carbocycles. The number of allylic oxidation sites excluding steroid dienone is 3. The highest BCUT2D eigenvalue weighted by Gasteiger charge is 1.91. The van der Waals surface area contributed by atoms with E-state index in [2.05, 4.69) is 26.5 Å². The molecule has 0 unspecified atom stereocenters. The van der Waals surface area contributed by atoms with Gasteiger partial charge in [-0.3, -0.25) is 0 Å². The van der Waals surface area contributed by atoms with Gasteiger partial charge < -0.3 is 4.74 Å². The van der Waals surface area contributed by atoms with Gasteiger partial charge in [-0.2, -0.15) is 0 Å². The molecule has 0 aliphatic heterocycles. The van der Waals surface area contributed by atoms with Gasteiger partial charge in [0.15, 0.2) is 0 Å². The lowest BCUT2D eigenvalue weighted by molar-refractivity contribution is 0.307. The van der Waals surface area contributed by atoms with Crippen LogP contribution in [0, 0.1) is 5.92 Å². The Hall–Kier alpha value is -0.720. The van der Waals surface area contributed by atoms with Gasteiger partial charge in [0, 0.05) is 0 Å². The van der Waals surface area contributed by atoms with Crippen molar-refractivity contribution in [3.05, 3.63) is 24.2 Å². The minimum absolute atomic E-state index is 0.541. The van der Waals surface area contributed by atoms with Crippen molar-refractivity contribution < 1.29 is 4.74 Å². The lowest BCUT2D eigenvalue weighted by Crippen LogP contribution is -1.87. The molecule has 58 valence electrons. The van der Waals surface area contributed by atoms with E-state index in [0.717, 1.165) is 11.5 Å². The van der Waals surface area contributed by atoms with Crippen LogP contribution in [-0.2, 0) is 4.74 Å². The molecule has 0 amide bonds. The second-order valence-electron chi connectivity index (χ2n) is 2.83. The fourth-order valence-electron chi connectivity index (χ4n) is 0.778. The van der Waals surface area contributed by atoms with Gasteiger partial charge >= 0.3 is 0 Å². The molecule has 0 aromatic carbocycles. The standard InChI is InChI=1S/C9H16O/c1-7(2)6-9(5)10-8(3)4/h6-7H,3H2,1-2,4-5H3/b9-6+. The third-order valence-electron chi connectivity index (χ3n) is 0.903. The number of rotatable bonds is 3. The maximum atomic E-state index is 5.23. The number of ether oxygens (including phenoxy) is 1. The van der Waals surface area contributed by atoms with Gasteiger partial charge in [-0.25, -0.2) is 0 Å². The first-order valence-corrected chi connectivity index (χ1v) is 3.54. The average Bonchev–Trinajstić information content (AvgIpc) is 1.58. The smallest absolute Gasteiger partial charge is 0.0967 e. The molecule has 0 heterocycles. The second kappa shape index (κ2) is 4.15. The molecule has 0 bridgehead atoms. The Morgan fingerprint density at radius 3 is 2.20 bits per heavy atom. The summed E-state index contributed by atoms with van der Waals surface area (Å²) in [5, 5.41) is 0. The summed E-state index contributed by atoms with van der Waals surface area (Å²) in [6.07, 6.45) is 2.06. The third kappa shape index (κ3) is 5.42. The van der Waals surface area contributed by atoms with Gasteiger partial charge in [0.1, 0.15) is 0 Å². The molecule has 0 N–H and O–H groups in total. The summed E-state index contributed by atoms with van der Waals surface area (Å²) in [4.78, 5) is 0. The van der Waals surface area contributed by atoms with Crippen molar-refractivity contribution in [3.63, 3.8) is 0 Å². The van der Waals surface area contributed by atoms with E-state index in [4.69, 9.17) is 4.74 Å². The Kier molecular flexibility index (Phi) is 3.85. The van der Waals surface area contributed by atoms with Crippen molar-refractivity contribution in [2.24, 2.45) is 5.92 Å². The third-order valence-corrected chi connectivity index (χ3v) is 0.903. The van der Waals surface area contributed by atoms with Crippen LogP contribution in [0.5, 0.6) is 0 Å². The highest BCUT2D eigenvalue weighted by atomic mass is 16.5. The van der Waals surface area contributed by atoms with Crippen LogP contribution in [0.2, 0.25) is 0 Å². The predicted molar refractivity (Wildman–Crippen MR) is 44.5 cm³/mol. The van der Waals surface area contributed by atoms with E-state index in [0.29, 0.717) is 5.92 Å². The molecule has 0 saturated heterocycles. The van der Waals surface area contributed by atoms with Crippen LogP contribution in [0.25, 0.3) is 0 Å². The van der Waals surface area contributed by atoms with Crippen LogP contribution in [0.15, 0.2) is 24.2 Å². The van der Waals surface area contributed by atoms with E-state index in [1.807, 2.05) is 13.8 Å². The summed E-state index contributed by atoms with van der Waals surface area (Å²) < 4.78 is 5.23. The topological polar surface area (TPSA) is 9.23 Å². The van der Waals surface area contributed by atoms with Crippen LogP contribution < -0.4 is 0 Å². The normalized spacial score (nSPS) is 11.9. The molecule has 1 nitrogen and oxygen atoms in total. The fraction of sp³-hybridized carbons (Fsp3) is 0.556. The van der Waals surface area contributed by atoms with Gasteiger partial charge in [0.2, 0.25) is 0 Å². The van der Waals surface area contributed by atoms with Crippen LogP contribution in [0.4, 0.5) is 0 Å². The average molecular weight is 140 g/mol. The minimum Gasteiger partial charge on any atom is -0.468 e. The summed E-state index contributed by atoms with van der Waals surface area (Å²) >= 11 is 0. The lowest BCUT2D eigenvalue weighted by atomic mass is 10.2. The van der Waals surface area contributed by atoms with E-state index >= 15 is 0 Å². The molecule has 0 rings (SSSR count). The molecule has 0 aliphatic rings. The molecule has 0 aromatic rings. The summed E-state index contributed by atoms with van der Waals surface area (Å²) in [6.45, 7) is 11.7. The van der Waals surface area contributed by atoms with Crippen molar-refractivity contribution in [2.45, 2.75) is 27.7 Å². The van der Waals surface area contributed by atoms with Crippen LogP contribution >= 0.6 is 0 Å². The molecule has 0 spiro atoms. The van der Waals surface area contributed by atoms with Crippen molar-refractivity contribution in [1.29, 1.82) is 0 Å². The zero-order valence-electron chi connectivity index (χ0n) is 7.27. The van der Waals surface area contributed by atoms with Crippen molar-refractivity contribution in [2.75, 3.05) is 0 Å². The highest BCUT2D eigenvalue weighted by Crippen LogP contribution is 2.06. The first-order valence-electron chi connectivity index (χ1n) is 3.54. The van der Waals surface area contributed by atoms with E-state index in [-0.39, 0.29) is 0 Å². The predicted octanol–water partition coefficient (Wildman–Crippen LogP) is 3.10. The Morgan fingerprint density at radius 2 is 1.90 bits per heavy atom. The minimum atomic E-state index is 0.541. The Labute approximate surface area is 63.4 Å². The summed E-state index contributed by atoms with van der Waals surface area (Å²) in [7, 11) is 0. The molecule has 0 aromatic heterocycles. The lowest BCUT2D eigenvalue weighted by Gasteiger charge is -2.04. The van der Waals surface area contributed by atoms with Gasteiger partial charge in [-0.1, -0.05) is 20.4 Å². The second-order valence-corrected chi connectivity index (χ2v) is 2.83. The van der Waals surface area contributed by atoms with E-state index in [1.165, 1.54) is 0 Å². The zero-order chi connectivity index (χ0) is 8.15. The van der Waals surface area contributed by atoms with Crippen LogP contribution in [0.3, 0.4) is 0 Å². The summed E-state index contributed by atoms with van der Waals surface area (Å²) in [5.74, 6) is 2.22. The molecule has 0 atom stereocenters. The number of hydrogen-bond donors (Lipinski definition) is 0. The van der Waals surface area contributed by atoms with Gasteiger partial charge in [-0.05, 0) is 25.8 Å². The monoisotopic (exact) mass is 140 g/mol. The van der Waals surface area contributed by atoms with Crippen LogP contribution in [-0.4, -0.2) is 0 Å².